The van der Waals surface area contributed by atoms with Crippen molar-refractivity contribution in [1.82, 2.24) is 10.6 Å². The van der Waals surface area contributed by atoms with Crippen LogP contribution in [0.15, 0.2) is 18.2 Å². The topological polar surface area (TPSA) is 84.5 Å². The summed E-state index contributed by atoms with van der Waals surface area (Å²) in [5.41, 5.74) is 0.198. The van der Waals surface area contributed by atoms with Gasteiger partial charge in [-0.3, -0.25) is 14.4 Å². The van der Waals surface area contributed by atoms with E-state index in [-0.39, 0.29) is 29.1 Å². The molecular weight excluding hydrogens is 343 g/mol. The summed E-state index contributed by atoms with van der Waals surface area (Å²) < 4.78 is 4.96. The van der Waals surface area contributed by atoms with Crippen molar-refractivity contribution in [1.29, 1.82) is 0 Å². The Bertz CT molecular complexity index is 632. The lowest BCUT2D eigenvalue weighted by molar-refractivity contribution is -0.153. The first kappa shape index (κ1) is 17.6. The van der Waals surface area contributed by atoms with Crippen LogP contribution >= 0.6 is 23.2 Å². The summed E-state index contributed by atoms with van der Waals surface area (Å²) in [6, 6.07) is 4.60. The van der Waals surface area contributed by atoms with Gasteiger partial charge in [0.05, 0.1) is 10.6 Å². The number of carbonyl (C=O) groups excluding carboxylic acids is 3. The van der Waals surface area contributed by atoms with E-state index in [0.717, 1.165) is 12.8 Å². The normalized spacial score (nSPS) is 14.7. The van der Waals surface area contributed by atoms with Crippen LogP contribution in [0.1, 0.15) is 30.1 Å². The van der Waals surface area contributed by atoms with E-state index >= 15 is 0 Å². The molecule has 1 aromatic carbocycles. The molecule has 1 saturated carbocycles. The fourth-order valence-electron chi connectivity index (χ4n) is 1.76. The number of halogens is 2. The van der Waals surface area contributed by atoms with Crippen LogP contribution in [0.4, 0.5) is 0 Å². The molecule has 2 N–H and O–H groups in total. The molecule has 124 valence electrons. The number of rotatable bonds is 6. The van der Waals surface area contributed by atoms with Gasteiger partial charge >= 0.3 is 5.97 Å². The summed E-state index contributed by atoms with van der Waals surface area (Å²) in [4.78, 5) is 35.3. The molecule has 0 radical (unpaired) electrons. The number of nitrogens with one attached hydrogen (secondary N) is 2. The van der Waals surface area contributed by atoms with E-state index < -0.39 is 18.0 Å². The van der Waals surface area contributed by atoms with E-state index in [9.17, 15) is 14.4 Å². The number of carbonyl (C=O) groups is 3. The second-order valence-electron chi connectivity index (χ2n) is 5.22. The highest BCUT2D eigenvalue weighted by atomic mass is 35.5. The van der Waals surface area contributed by atoms with Crippen molar-refractivity contribution in [2.45, 2.75) is 31.9 Å². The van der Waals surface area contributed by atoms with Crippen molar-refractivity contribution in [2.24, 2.45) is 0 Å². The Morgan fingerprint density at radius 3 is 2.61 bits per heavy atom. The molecule has 2 amide bonds. The van der Waals surface area contributed by atoms with Gasteiger partial charge in [-0.15, -0.1) is 0 Å². The second kappa shape index (κ2) is 7.66. The van der Waals surface area contributed by atoms with Gasteiger partial charge in [0.2, 0.25) is 0 Å². The molecule has 0 aliphatic heterocycles. The Morgan fingerprint density at radius 2 is 2.00 bits per heavy atom. The second-order valence-corrected chi connectivity index (χ2v) is 6.07. The van der Waals surface area contributed by atoms with Crippen molar-refractivity contribution >= 4 is 41.0 Å². The van der Waals surface area contributed by atoms with Crippen molar-refractivity contribution in [3.8, 4) is 0 Å². The van der Waals surface area contributed by atoms with Crippen LogP contribution in [0.2, 0.25) is 10.0 Å². The van der Waals surface area contributed by atoms with Gasteiger partial charge in [0.25, 0.3) is 11.8 Å². The molecule has 6 nitrogen and oxygen atoms in total. The molecule has 0 bridgehead atoms. The van der Waals surface area contributed by atoms with Crippen LogP contribution in [0.3, 0.4) is 0 Å². The third-order valence-electron chi connectivity index (χ3n) is 3.17. The SMILES string of the molecule is C[C@H](OC(=O)CNC(=O)c1ccc(Cl)cc1Cl)C(=O)NC1CC1. The lowest BCUT2D eigenvalue weighted by atomic mass is 10.2. The first-order chi connectivity index (χ1) is 10.9. The van der Waals surface area contributed by atoms with E-state index in [0.29, 0.717) is 5.02 Å². The van der Waals surface area contributed by atoms with E-state index in [1.165, 1.54) is 25.1 Å². The molecule has 1 aliphatic rings. The van der Waals surface area contributed by atoms with Crippen LogP contribution in [0, 0.1) is 0 Å². The van der Waals surface area contributed by atoms with Gasteiger partial charge in [-0.25, -0.2) is 0 Å². The number of ether oxygens (including phenoxy) is 1. The molecule has 1 aliphatic carbocycles. The first-order valence-electron chi connectivity index (χ1n) is 7.10. The fraction of sp³-hybridized carbons (Fsp3) is 0.400. The Morgan fingerprint density at radius 1 is 1.30 bits per heavy atom. The van der Waals surface area contributed by atoms with Gasteiger partial charge in [0.15, 0.2) is 6.10 Å². The number of esters is 1. The number of amides is 2. The van der Waals surface area contributed by atoms with E-state index in [1.807, 2.05) is 0 Å². The minimum atomic E-state index is -0.904. The van der Waals surface area contributed by atoms with E-state index in [4.69, 9.17) is 27.9 Å². The third kappa shape index (κ3) is 5.41. The van der Waals surface area contributed by atoms with E-state index in [2.05, 4.69) is 10.6 Å². The molecule has 0 spiro atoms. The standard InChI is InChI=1S/C15H16Cl2N2O4/c1-8(14(21)19-10-3-4-10)23-13(20)7-18-15(22)11-5-2-9(16)6-12(11)17/h2,5-6,8,10H,3-4,7H2,1H3,(H,18,22)(H,19,21)/t8-/m0/s1. The zero-order valence-electron chi connectivity index (χ0n) is 12.4. The molecule has 0 aromatic heterocycles. The maximum Gasteiger partial charge on any atom is 0.326 e. The molecule has 1 aromatic rings. The highest BCUT2D eigenvalue weighted by molar-refractivity contribution is 6.36. The molecule has 1 atom stereocenters. The largest absolute Gasteiger partial charge is 0.451 e. The summed E-state index contributed by atoms with van der Waals surface area (Å²) in [5, 5.41) is 5.70. The predicted molar refractivity (Wildman–Crippen MR) is 85.5 cm³/mol. The average molecular weight is 359 g/mol. The zero-order valence-corrected chi connectivity index (χ0v) is 13.9. The monoisotopic (exact) mass is 358 g/mol. The Kier molecular flexibility index (Phi) is 5.85. The Labute approximate surface area is 143 Å². The summed E-state index contributed by atoms with van der Waals surface area (Å²) in [7, 11) is 0. The lowest BCUT2D eigenvalue weighted by Crippen LogP contribution is -2.39. The number of hydrogen-bond acceptors (Lipinski definition) is 4. The Balaban J connectivity index is 1.78. The van der Waals surface area contributed by atoms with Crippen molar-refractivity contribution < 1.29 is 19.1 Å². The summed E-state index contributed by atoms with van der Waals surface area (Å²) in [6.45, 7) is 1.12. The molecule has 0 unspecified atom stereocenters. The van der Waals surface area contributed by atoms with Gasteiger partial charge in [-0.2, -0.15) is 0 Å². The lowest BCUT2D eigenvalue weighted by Gasteiger charge is -2.13. The van der Waals surface area contributed by atoms with Gasteiger partial charge in [0.1, 0.15) is 6.54 Å². The average Bonchev–Trinajstić information content (AvgIpc) is 3.28. The van der Waals surface area contributed by atoms with Crippen molar-refractivity contribution in [3.63, 3.8) is 0 Å². The molecule has 0 heterocycles. The summed E-state index contributed by atoms with van der Waals surface area (Å²) in [5.74, 6) is -1.58. The maximum atomic E-state index is 11.9. The number of benzene rings is 1. The Hall–Kier alpha value is -1.79. The maximum absolute atomic E-state index is 11.9. The van der Waals surface area contributed by atoms with Gasteiger partial charge in [-0.05, 0) is 38.0 Å². The molecule has 2 rings (SSSR count). The quantitative estimate of drug-likeness (QED) is 0.761. The van der Waals surface area contributed by atoms with E-state index in [1.54, 1.807) is 0 Å². The summed E-state index contributed by atoms with van der Waals surface area (Å²) in [6.07, 6.45) is 0.994. The van der Waals surface area contributed by atoms with Crippen LogP contribution in [-0.2, 0) is 14.3 Å². The van der Waals surface area contributed by atoms with Crippen LogP contribution < -0.4 is 10.6 Å². The first-order valence-corrected chi connectivity index (χ1v) is 7.85. The highest BCUT2D eigenvalue weighted by Gasteiger charge is 2.27. The highest BCUT2D eigenvalue weighted by Crippen LogP contribution is 2.21. The molecule has 1 fully saturated rings. The smallest absolute Gasteiger partial charge is 0.326 e. The van der Waals surface area contributed by atoms with Gasteiger partial charge < -0.3 is 15.4 Å². The third-order valence-corrected chi connectivity index (χ3v) is 3.72. The molecule has 23 heavy (non-hydrogen) atoms. The van der Waals surface area contributed by atoms with Crippen molar-refractivity contribution in [2.75, 3.05) is 6.54 Å². The summed E-state index contributed by atoms with van der Waals surface area (Å²) >= 11 is 11.7. The zero-order chi connectivity index (χ0) is 17.0. The van der Waals surface area contributed by atoms with Gasteiger partial charge in [-0.1, -0.05) is 23.2 Å². The minimum Gasteiger partial charge on any atom is -0.451 e. The van der Waals surface area contributed by atoms with Crippen LogP contribution in [0.5, 0.6) is 0 Å². The molecular formula is C15H16Cl2N2O4. The van der Waals surface area contributed by atoms with Crippen molar-refractivity contribution in [3.05, 3.63) is 33.8 Å². The fourth-order valence-corrected chi connectivity index (χ4v) is 2.25. The van der Waals surface area contributed by atoms with Crippen LogP contribution in [-0.4, -0.2) is 36.5 Å². The number of hydrogen-bond donors (Lipinski definition) is 2. The molecule has 8 heteroatoms. The predicted octanol–water partition coefficient (Wildman–Crippen LogP) is 1.93. The minimum absolute atomic E-state index is 0.181. The van der Waals surface area contributed by atoms with Gasteiger partial charge in [0, 0.05) is 11.1 Å². The molecule has 0 saturated heterocycles. The van der Waals surface area contributed by atoms with Crippen LogP contribution in [0.25, 0.3) is 0 Å².